The van der Waals surface area contributed by atoms with E-state index in [9.17, 15) is 4.79 Å². The van der Waals surface area contributed by atoms with Crippen LogP contribution in [0.15, 0.2) is 36.4 Å². The highest BCUT2D eigenvalue weighted by atomic mass is 35.5. The molecule has 0 aliphatic heterocycles. The number of aromatic nitrogens is 2. The predicted octanol–water partition coefficient (Wildman–Crippen LogP) is 3.91. The largest absolute Gasteiger partial charge is 0.322 e. The SMILES string of the molecule is Cc1ccc(Cl)cc1NC(=O)c1ccc2nsnc2c1. The summed E-state index contributed by atoms with van der Waals surface area (Å²) in [6.45, 7) is 1.92. The van der Waals surface area contributed by atoms with Gasteiger partial charge in [-0.1, -0.05) is 17.7 Å². The number of halogens is 1. The van der Waals surface area contributed by atoms with Crippen LogP contribution in [0.4, 0.5) is 5.69 Å². The molecule has 0 bridgehead atoms. The number of carbonyl (C=O) groups excluding carboxylic acids is 1. The van der Waals surface area contributed by atoms with Crippen LogP contribution < -0.4 is 5.32 Å². The van der Waals surface area contributed by atoms with Crippen LogP contribution >= 0.6 is 23.3 Å². The molecule has 0 atom stereocenters. The molecule has 3 rings (SSSR count). The van der Waals surface area contributed by atoms with Gasteiger partial charge in [0.2, 0.25) is 0 Å². The average molecular weight is 304 g/mol. The van der Waals surface area contributed by atoms with Crippen LogP contribution in [0.3, 0.4) is 0 Å². The fraction of sp³-hybridized carbons (Fsp3) is 0.0714. The van der Waals surface area contributed by atoms with Crippen LogP contribution in [0.5, 0.6) is 0 Å². The maximum atomic E-state index is 12.2. The topological polar surface area (TPSA) is 54.9 Å². The van der Waals surface area contributed by atoms with E-state index in [4.69, 9.17) is 11.6 Å². The normalized spacial score (nSPS) is 10.7. The summed E-state index contributed by atoms with van der Waals surface area (Å²) in [5.41, 5.74) is 3.73. The highest BCUT2D eigenvalue weighted by molar-refractivity contribution is 7.00. The van der Waals surface area contributed by atoms with Gasteiger partial charge in [-0.2, -0.15) is 8.75 Å². The Morgan fingerprint density at radius 2 is 1.95 bits per heavy atom. The highest BCUT2D eigenvalue weighted by Gasteiger charge is 2.10. The Morgan fingerprint density at radius 1 is 1.15 bits per heavy atom. The van der Waals surface area contributed by atoms with Crippen molar-refractivity contribution in [3.63, 3.8) is 0 Å². The van der Waals surface area contributed by atoms with E-state index >= 15 is 0 Å². The Morgan fingerprint density at radius 3 is 2.80 bits per heavy atom. The minimum Gasteiger partial charge on any atom is -0.322 e. The standard InChI is InChI=1S/C14H10ClN3OS/c1-8-2-4-10(15)7-12(8)16-14(19)9-3-5-11-13(6-9)18-20-17-11/h2-7H,1H3,(H,16,19). The van der Waals surface area contributed by atoms with Crippen molar-refractivity contribution < 1.29 is 4.79 Å². The van der Waals surface area contributed by atoms with E-state index in [1.807, 2.05) is 13.0 Å². The molecule has 0 saturated carbocycles. The van der Waals surface area contributed by atoms with Crippen molar-refractivity contribution in [1.29, 1.82) is 0 Å². The van der Waals surface area contributed by atoms with Crippen LogP contribution in [-0.4, -0.2) is 14.7 Å². The Labute approximate surface area is 124 Å². The number of benzene rings is 2. The van der Waals surface area contributed by atoms with E-state index in [-0.39, 0.29) is 5.91 Å². The summed E-state index contributed by atoms with van der Waals surface area (Å²) in [6, 6.07) is 10.6. The fourth-order valence-electron chi connectivity index (χ4n) is 1.85. The van der Waals surface area contributed by atoms with Crippen LogP contribution in [0.1, 0.15) is 15.9 Å². The molecule has 6 heteroatoms. The maximum Gasteiger partial charge on any atom is 0.255 e. The summed E-state index contributed by atoms with van der Waals surface area (Å²) in [5, 5.41) is 3.44. The lowest BCUT2D eigenvalue weighted by molar-refractivity contribution is 0.102. The smallest absolute Gasteiger partial charge is 0.255 e. The van der Waals surface area contributed by atoms with Gasteiger partial charge in [0.1, 0.15) is 11.0 Å². The number of rotatable bonds is 2. The first-order chi connectivity index (χ1) is 9.63. The third-order valence-corrected chi connectivity index (χ3v) is 3.76. The molecule has 0 fully saturated rings. The Kier molecular flexibility index (Phi) is 3.38. The van der Waals surface area contributed by atoms with Gasteiger partial charge in [0.05, 0.1) is 11.7 Å². The highest BCUT2D eigenvalue weighted by Crippen LogP contribution is 2.21. The van der Waals surface area contributed by atoms with Crippen molar-refractivity contribution in [3.8, 4) is 0 Å². The van der Waals surface area contributed by atoms with E-state index in [0.29, 0.717) is 16.3 Å². The maximum absolute atomic E-state index is 12.2. The van der Waals surface area contributed by atoms with Crippen molar-refractivity contribution >= 4 is 46.0 Å². The molecule has 20 heavy (non-hydrogen) atoms. The molecule has 0 spiro atoms. The molecule has 1 amide bonds. The van der Waals surface area contributed by atoms with Crippen molar-refractivity contribution in [2.75, 3.05) is 5.32 Å². The van der Waals surface area contributed by atoms with E-state index in [1.54, 1.807) is 30.3 Å². The third-order valence-electron chi connectivity index (χ3n) is 2.96. The number of anilines is 1. The van der Waals surface area contributed by atoms with Crippen LogP contribution in [0.2, 0.25) is 5.02 Å². The van der Waals surface area contributed by atoms with Crippen LogP contribution in [-0.2, 0) is 0 Å². The Bertz CT molecular complexity index is 800. The number of aryl methyl sites for hydroxylation is 1. The van der Waals surface area contributed by atoms with Gasteiger partial charge in [0.15, 0.2) is 0 Å². The fourth-order valence-corrected chi connectivity index (χ4v) is 2.54. The minimum absolute atomic E-state index is 0.190. The second-order valence-electron chi connectivity index (χ2n) is 4.38. The molecule has 0 aliphatic carbocycles. The number of nitrogens with zero attached hydrogens (tertiary/aromatic N) is 2. The molecule has 1 aromatic heterocycles. The number of carbonyl (C=O) groups is 1. The second kappa shape index (κ2) is 5.19. The molecule has 4 nitrogen and oxygen atoms in total. The molecule has 0 unspecified atom stereocenters. The number of nitrogens with one attached hydrogen (secondary N) is 1. The van der Waals surface area contributed by atoms with Gasteiger partial charge in [-0.05, 0) is 42.8 Å². The second-order valence-corrected chi connectivity index (χ2v) is 5.35. The molecule has 0 aliphatic rings. The van der Waals surface area contributed by atoms with Gasteiger partial charge in [-0.3, -0.25) is 4.79 Å². The van der Waals surface area contributed by atoms with Crippen LogP contribution in [0, 0.1) is 6.92 Å². The lowest BCUT2D eigenvalue weighted by Crippen LogP contribution is -2.12. The first-order valence-corrected chi connectivity index (χ1v) is 7.04. The summed E-state index contributed by atoms with van der Waals surface area (Å²) in [6.07, 6.45) is 0. The molecule has 1 N–H and O–H groups in total. The van der Waals surface area contributed by atoms with Gasteiger partial charge in [-0.25, -0.2) is 0 Å². The van der Waals surface area contributed by atoms with Crippen molar-refractivity contribution in [2.24, 2.45) is 0 Å². The van der Waals surface area contributed by atoms with Gasteiger partial charge < -0.3 is 5.32 Å². The number of hydrogen-bond donors (Lipinski definition) is 1. The van der Waals surface area contributed by atoms with Crippen molar-refractivity contribution in [1.82, 2.24) is 8.75 Å². The lowest BCUT2D eigenvalue weighted by Gasteiger charge is -2.08. The first-order valence-electron chi connectivity index (χ1n) is 5.93. The molecular formula is C14H10ClN3OS. The minimum atomic E-state index is -0.190. The molecule has 100 valence electrons. The number of hydrogen-bond acceptors (Lipinski definition) is 4. The lowest BCUT2D eigenvalue weighted by atomic mass is 10.1. The summed E-state index contributed by atoms with van der Waals surface area (Å²) in [5.74, 6) is -0.190. The van der Waals surface area contributed by atoms with E-state index in [1.165, 1.54) is 0 Å². The third kappa shape index (κ3) is 2.50. The molecule has 2 aromatic carbocycles. The molecule has 1 heterocycles. The van der Waals surface area contributed by atoms with E-state index in [0.717, 1.165) is 28.3 Å². The molecule has 3 aromatic rings. The van der Waals surface area contributed by atoms with E-state index in [2.05, 4.69) is 14.1 Å². The average Bonchev–Trinajstić information content (AvgIpc) is 2.90. The zero-order valence-corrected chi connectivity index (χ0v) is 12.1. The molecule has 0 saturated heterocycles. The number of amides is 1. The van der Waals surface area contributed by atoms with Gasteiger partial charge in [-0.15, -0.1) is 0 Å². The summed E-state index contributed by atoms with van der Waals surface area (Å²) < 4.78 is 8.24. The Balaban J connectivity index is 1.90. The van der Waals surface area contributed by atoms with Crippen LogP contribution in [0.25, 0.3) is 11.0 Å². The zero-order chi connectivity index (χ0) is 14.1. The summed E-state index contributed by atoms with van der Waals surface area (Å²) in [4.78, 5) is 12.2. The predicted molar refractivity (Wildman–Crippen MR) is 81.6 cm³/mol. The van der Waals surface area contributed by atoms with Crippen molar-refractivity contribution in [3.05, 3.63) is 52.5 Å². The molecular weight excluding hydrogens is 294 g/mol. The van der Waals surface area contributed by atoms with E-state index < -0.39 is 0 Å². The monoisotopic (exact) mass is 303 g/mol. The first kappa shape index (κ1) is 13.0. The van der Waals surface area contributed by atoms with Gasteiger partial charge in [0, 0.05) is 16.3 Å². The van der Waals surface area contributed by atoms with Gasteiger partial charge >= 0.3 is 0 Å². The zero-order valence-electron chi connectivity index (χ0n) is 10.6. The van der Waals surface area contributed by atoms with Gasteiger partial charge in [0.25, 0.3) is 5.91 Å². The summed E-state index contributed by atoms with van der Waals surface area (Å²) >= 11 is 7.07. The van der Waals surface area contributed by atoms with Crippen molar-refractivity contribution in [2.45, 2.75) is 6.92 Å². The Hall–Kier alpha value is -1.98. The number of fused-ring (bicyclic) bond motifs is 1. The quantitative estimate of drug-likeness (QED) is 0.781. The summed E-state index contributed by atoms with van der Waals surface area (Å²) in [7, 11) is 0. The molecule has 0 radical (unpaired) electrons.